The highest BCUT2D eigenvalue weighted by atomic mass is 16.6. The first-order chi connectivity index (χ1) is 4.97. The van der Waals surface area contributed by atoms with Crippen molar-refractivity contribution < 1.29 is 14.2 Å². The minimum absolute atomic E-state index is 0.239. The third kappa shape index (κ3) is 1.07. The monoisotopic (exact) mass is 140 g/mol. The van der Waals surface area contributed by atoms with Gasteiger partial charge in [0.1, 0.15) is 37.3 Å². The Kier molecular flexibility index (Phi) is 1.27. The lowest BCUT2D eigenvalue weighted by molar-refractivity contribution is 0.145. The summed E-state index contributed by atoms with van der Waals surface area (Å²) in [5.74, 6) is 0. The minimum atomic E-state index is 0.239. The van der Waals surface area contributed by atoms with E-state index in [-0.39, 0.29) is 12.2 Å². The van der Waals surface area contributed by atoms with Crippen molar-refractivity contribution in [2.24, 2.45) is 0 Å². The molecule has 2 rings (SSSR count). The molecule has 0 saturated heterocycles. The van der Waals surface area contributed by atoms with Gasteiger partial charge < -0.3 is 14.2 Å². The molecule has 1 fully saturated rings. The Morgan fingerprint density at radius 2 is 1.50 bits per heavy atom. The Bertz CT molecular complexity index is 156. The molecule has 2 aliphatic rings. The van der Waals surface area contributed by atoms with E-state index in [1.807, 2.05) is 0 Å². The van der Waals surface area contributed by atoms with Gasteiger partial charge in [0.25, 0.3) is 0 Å². The van der Waals surface area contributed by atoms with E-state index in [0.717, 1.165) is 6.42 Å². The maximum Gasteiger partial charge on any atom is 0.138 e. The van der Waals surface area contributed by atoms with Gasteiger partial charge in [-0.1, -0.05) is 0 Å². The fourth-order valence-electron chi connectivity index (χ4n) is 0.812. The van der Waals surface area contributed by atoms with E-state index >= 15 is 0 Å². The molecule has 3 nitrogen and oxygen atoms in total. The summed E-state index contributed by atoms with van der Waals surface area (Å²) in [5, 5.41) is 0. The van der Waals surface area contributed by atoms with E-state index in [2.05, 4.69) is 0 Å². The lowest BCUT2D eigenvalue weighted by Gasteiger charge is -1.95. The SMILES string of the molecule is C1=COC2CC2OC=CO1. The molecule has 2 atom stereocenters. The topological polar surface area (TPSA) is 27.7 Å². The fraction of sp³-hybridized carbons (Fsp3) is 0.429. The molecule has 0 aromatic carbocycles. The Hall–Kier alpha value is -1.12. The van der Waals surface area contributed by atoms with E-state index in [1.165, 1.54) is 12.5 Å². The van der Waals surface area contributed by atoms with E-state index in [0.29, 0.717) is 0 Å². The summed E-state index contributed by atoms with van der Waals surface area (Å²) in [7, 11) is 0. The molecule has 10 heavy (non-hydrogen) atoms. The molecule has 0 aromatic heterocycles. The summed E-state index contributed by atoms with van der Waals surface area (Å²) in [6, 6.07) is 0. The number of ether oxygens (including phenoxy) is 3. The van der Waals surface area contributed by atoms with Gasteiger partial charge >= 0.3 is 0 Å². The average Bonchev–Trinajstić information content (AvgIpc) is 2.66. The van der Waals surface area contributed by atoms with Gasteiger partial charge in [-0.15, -0.1) is 0 Å². The standard InChI is InChI=1S/C7H8O3/c1-3-9-6-5-7(6)10-4-2-8-1/h1-4,6-7H,5H2. The number of rotatable bonds is 0. The van der Waals surface area contributed by atoms with Gasteiger partial charge in [-0.25, -0.2) is 0 Å². The summed E-state index contributed by atoms with van der Waals surface area (Å²) >= 11 is 0. The van der Waals surface area contributed by atoms with Crippen LogP contribution in [0.2, 0.25) is 0 Å². The maximum absolute atomic E-state index is 5.17. The summed E-state index contributed by atoms with van der Waals surface area (Å²) in [6.45, 7) is 0. The second kappa shape index (κ2) is 2.25. The predicted octanol–water partition coefficient (Wildman–Crippen LogP) is 1.13. The Morgan fingerprint density at radius 1 is 0.900 bits per heavy atom. The molecule has 54 valence electrons. The van der Waals surface area contributed by atoms with Crippen molar-refractivity contribution in [2.75, 3.05) is 0 Å². The summed E-state index contributed by atoms with van der Waals surface area (Å²) in [6.07, 6.45) is 7.52. The average molecular weight is 140 g/mol. The normalized spacial score (nSPS) is 35.2. The van der Waals surface area contributed by atoms with Gasteiger partial charge in [0, 0.05) is 6.42 Å². The van der Waals surface area contributed by atoms with Gasteiger partial charge in [0.15, 0.2) is 0 Å². The molecule has 1 aliphatic carbocycles. The third-order valence-corrected chi connectivity index (χ3v) is 1.45. The Balaban J connectivity index is 1.96. The summed E-state index contributed by atoms with van der Waals surface area (Å²) < 4.78 is 15.1. The van der Waals surface area contributed by atoms with Gasteiger partial charge in [0.05, 0.1) is 0 Å². The van der Waals surface area contributed by atoms with Crippen LogP contribution in [0.4, 0.5) is 0 Å². The minimum Gasteiger partial charge on any atom is -0.491 e. The molecule has 1 saturated carbocycles. The molecule has 0 bridgehead atoms. The first kappa shape index (κ1) is 5.65. The van der Waals surface area contributed by atoms with Gasteiger partial charge in [-0.05, 0) is 0 Å². The molecule has 0 amide bonds. The molecule has 1 aliphatic heterocycles. The highest BCUT2D eigenvalue weighted by Crippen LogP contribution is 2.29. The highest BCUT2D eigenvalue weighted by molar-refractivity contribution is 4.93. The second-order valence-corrected chi connectivity index (χ2v) is 2.27. The molecular weight excluding hydrogens is 132 g/mol. The van der Waals surface area contributed by atoms with Crippen molar-refractivity contribution in [2.45, 2.75) is 18.6 Å². The summed E-state index contributed by atoms with van der Waals surface area (Å²) in [5.41, 5.74) is 0. The molecular formula is C7H8O3. The van der Waals surface area contributed by atoms with E-state index in [9.17, 15) is 0 Å². The molecule has 0 spiro atoms. The first-order valence-electron chi connectivity index (χ1n) is 3.23. The largest absolute Gasteiger partial charge is 0.491 e. The van der Waals surface area contributed by atoms with Crippen molar-refractivity contribution in [3.8, 4) is 0 Å². The Labute approximate surface area is 58.9 Å². The van der Waals surface area contributed by atoms with Crippen molar-refractivity contribution in [1.29, 1.82) is 0 Å². The van der Waals surface area contributed by atoms with E-state index < -0.39 is 0 Å². The molecule has 0 radical (unpaired) electrons. The van der Waals surface area contributed by atoms with Crippen LogP contribution in [0.1, 0.15) is 6.42 Å². The molecule has 1 heterocycles. The van der Waals surface area contributed by atoms with Crippen LogP contribution in [0.15, 0.2) is 25.0 Å². The van der Waals surface area contributed by atoms with Crippen LogP contribution in [-0.2, 0) is 14.2 Å². The molecule has 2 unspecified atom stereocenters. The lowest BCUT2D eigenvalue weighted by atomic mass is 10.8. The molecule has 0 aromatic rings. The number of hydrogen-bond donors (Lipinski definition) is 0. The lowest BCUT2D eigenvalue weighted by Crippen LogP contribution is -1.95. The summed E-state index contributed by atoms with van der Waals surface area (Å²) in [4.78, 5) is 0. The zero-order chi connectivity index (χ0) is 6.81. The first-order valence-corrected chi connectivity index (χ1v) is 3.23. The number of hydrogen-bond acceptors (Lipinski definition) is 3. The zero-order valence-electron chi connectivity index (χ0n) is 5.40. The smallest absolute Gasteiger partial charge is 0.138 e. The van der Waals surface area contributed by atoms with Crippen LogP contribution in [0.3, 0.4) is 0 Å². The van der Waals surface area contributed by atoms with Crippen LogP contribution in [0.25, 0.3) is 0 Å². The van der Waals surface area contributed by atoms with Crippen molar-refractivity contribution >= 4 is 0 Å². The van der Waals surface area contributed by atoms with Gasteiger partial charge in [-0.3, -0.25) is 0 Å². The van der Waals surface area contributed by atoms with Crippen LogP contribution in [0, 0.1) is 0 Å². The van der Waals surface area contributed by atoms with E-state index in [1.54, 1.807) is 12.5 Å². The zero-order valence-corrected chi connectivity index (χ0v) is 5.40. The predicted molar refractivity (Wildman–Crippen MR) is 33.7 cm³/mol. The maximum atomic E-state index is 5.17. The fourth-order valence-corrected chi connectivity index (χ4v) is 0.812. The van der Waals surface area contributed by atoms with E-state index in [4.69, 9.17) is 14.2 Å². The third-order valence-electron chi connectivity index (χ3n) is 1.45. The van der Waals surface area contributed by atoms with Gasteiger partial charge in [0.2, 0.25) is 0 Å². The van der Waals surface area contributed by atoms with Crippen LogP contribution in [0.5, 0.6) is 0 Å². The second-order valence-electron chi connectivity index (χ2n) is 2.27. The molecule has 3 heteroatoms. The van der Waals surface area contributed by atoms with Crippen LogP contribution < -0.4 is 0 Å². The quantitative estimate of drug-likeness (QED) is 0.505. The van der Waals surface area contributed by atoms with Crippen molar-refractivity contribution in [3.63, 3.8) is 0 Å². The Morgan fingerprint density at radius 3 is 2.10 bits per heavy atom. The van der Waals surface area contributed by atoms with Crippen molar-refractivity contribution in [3.05, 3.63) is 25.0 Å². The van der Waals surface area contributed by atoms with Crippen LogP contribution in [-0.4, -0.2) is 12.2 Å². The number of fused-ring (bicyclic) bond motifs is 1. The van der Waals surface area contributed by atoms with Crippen molar-refractivity contribution in [1.82, 2.24) is 0 Å². The van der Waals surface area contributed by atoms with Gasteiger partial charge in [-0.2, -0.15) is 0 Å². The molecule has 0 N–H and O–H groups in total. The van der Waals surface area contributed by atoms with Crippen LogP contribution >= 0.6 is 0 Å². The highest BCUT2D eigenvalue weighted by Gasteiger charge is 2.40.